The normalized spacial score (nSPS) is 21.5. The standard InChI is InChI=1S/C33H26Br2N2O6/c1-42-21-12-8-19(9-13-21)30(38)17-43-33(41)25-16-29(36-28-5-3-2-4-22(25)28)18-6-10-20(11-7-18)37-31(39)23-14-26(34)27(35)15-24(23)32(37)40/h2-13,16,23-24,26-27H,14-15,17H2,1H3. The van der Waals surface area contributed by atoms with Crippen molar-refractivity contribution in [1.29, 1.82) is 0 Å². The number of nitrogens with zero attached hydrogens (tertiary/aromatic N) is 2. The van der Waals surface area contributed by atoms with Crippen LogP contribution in [0, 0.1) is 11.8 Å². The number of halogens is 2. The molecule has 1 saturated carbocycles. The van der Waals surface area contributed by atoms with E-state index in [4.69, 9.17) is 14.5 Å². The minimum atomic E-state index is -0.649. The van der Waals surface area contributed by atoms with E-state index in [1.165, 1.54) is 4.90 Å². The Morgan fingerprint density at radius 1 is 0.884 bits per heavy atom. The van der Waals surface area contributed by atoms with E-state index in [1.807, 2.05) is 6.07 Å². The topological polar surface area (TPSA) is 103 Å². The molecule has 0 radical (unpaired) electrons. The Bertz CT molecular complexity index is 1710. The van der Waals surface area contributed by atoms with Crippen molar-refractivity contribution in [2.75, 3.05) is 18.6 Å². The van der Waals surface area contributed by atoms with Crippen LogP contribution < -0.4 is 9.64 Å². The van der Waals surface area contributed by atoms with Crippen molar-refractivity contribution >= 4 is 72.0 Å². The van der Waals surface area contributed by atoms with Gasteiger partial charge in [-0.2, -0.15) is 0 Å². The number of aromatic nitrogens is 1. The lowest BCUT2D eigenvalue weighted by Gasteiger charge is -2.29. The number of carbonyl (C=O) groups excluding carboxylic acids is 4. The van der Waals surface area contributed by atoms with E-state index < -0.39 is 12.6 Å². The van der Waals surface area contributed by atoms with Gasteiger partial charge in [0.25, 0.3) is 0 Å². The number of methoxy groups -OCH3 is 1. The van der Waals surface area contributed by atoms with E-state index in [1.54, 1.807) is 79.9 Å². The minimum Gasteiger partial charge on any atom is -0.497 e. The summed E-state index contributed by atoms with van der Waals surface area (Å²) in [6.45, 7) is -0.419. The molecule has 0 spiro atoms. The summed E-state index contributed by atoms with van der Waals surface area (Å²) in [6.07, 6.45) is 1.20. The molecule has 4 unspecified atom stereocenters. The van der Waals surface area contributed by atoms with Crippen LogP contribution in [0.2, 0.25) is 0 Å². The Hall–Kier alpha value is -3.89. The Balaban J connectivity index is 1.24. The van der Waals surface area contributed by atoms with Gasteiger partial charge >= 0.3 is 5.97 Å². The van der Waals surface area contributed by atoms with E-state index in [-0.39, 0.29) is 44.7 Å². The van der Waals surface area contributed by atoms with Crippen molar-refractivity contribution in [2.45, 2.75) is 22.5 Å². The van der Waals surface area contributed by atoms with Gasteiger partial charge in [-0.25, -0.2) is 9.78 Å². The average Bonchev–Trinajstić information content (AvgIpc) is 3.27. The number of ether oxygens (including phenoxy) is 2. The molecule has 2 amide bonds. The second kappa shape index (κ2) is 12.0. The third-order valence-corrected chi connectivity index (χ3v) is 10.7. The van der Waals surface area contributed by atoms with Crippen LogP contribution in [0.3, 0.4) is 0 Å². The van der Waals surface area contributed by atoms with Crippen molar-refractivity contribution in [1.82, 2.24) is 4.98 Å². The monoisotopic (exact) mass is 704 g/mol. The first-order chi connectivity index (χ1) is 20.7. The van der Waals surface area contributed by atoms with Crippen LogP contribution in [0.5, 0.6) is 5.75 Å². The number of imide groups is 1. The molecule has 1 aliphatic carbocycles. The fourth-order valence-electron chi connectivity index (χ4n) is 5.69. The molecule has 6 rings (SSSR count). The Labute approximate surface area is 264 Å². The minimum absolute atomic E-state index is 0.133. The van der Waals surface area contributed by atoms with Gasteiger partial charge in [-0.1, -0.05) is 62.2 Å². The molecule has 0 N–H and O–H groups in total. The number of alkyl halides is 2. The van der Waals surface area contributed by atoms with Gasteiger partial charge in [0.1, 0.15) is 5.75 Å². The van der Waals surface area contributed by atoms with Gasteiger partial charge < -0.3 is 9.47 Å². The number of hydrogen-bond acceptors (Lipinski definition) is 7. The lowest BCUT2D eigenvalue weighted by molar-refractivity contribution is -0.122. The lowest BCUT2D eigenvalue weighted by atomic mass is 9.81. The van der Waals surface area contributed by atoms with E-state index in [2.05, 4.69) is 31.9 Å². The number of anilines is 1. The maximum Gasteiger partial charge on any atom is 0.339 e. The summed E-state index contributed by atoms with van der Waals surface area (Å²) < 4.78 is 10.6. The Morgan fingerprint density at radius 2 is 1.51 bits per heavy atom. The molecule has 0 bridgehead atoms. The van der Waals surface area contributed by atoms with Crippen molar-refractivity contribution in [2.24, 2.45) is 11.8 Å². The molecule has 2 fully saturated rings. The SMILES string of the molecule is COc1ccc(C(=O)COC(=O)c2cc(-c3ccc(N4C(=O)C5CC(Br)C(Br)CC5C4=O)cc3)nc3ccccc23)cc1. The second-order valence-corrected chi connectivity index (χ2v) is 12.9. The zero-order valence-corrected chi connectivity index (χ0v) is 26.2. The zero-order chi connectivity index (χ0) is 30.2. The largest absolute Gasteiger partial charge is 0.497 e. The number of hydrogen-bond donors (Lipinski definition) is 0. The van der Waals surface area contributed by atoms with Gasteiger partial charge in [-0.3, -0.25) is 19.3 Å². The number of amides is 2. The van der Waals surface area contributed by atoms with Gasteiger partial charge in [-0.15, -0.1) is 0 Å². The highest BCUT2D eigenvalue weighted by molar-refractivity contribution is 9.12. The molecular formula is C33H26Br2N2O6. The summed E-state index contributed by atoms with van der Waals surface area (Å²) in [7, 11) is 1.54. The number of pyridine rings is 1. The van der Waals surface area contributed by atoms with Crippen molar-refractivity contribution in [3.05, 3.63) is 90.0 Å². The molecule has 8 nitrogen and oxygen atoms in total. The quantitative estimate of drug-likeness (QED) is 0.0952. The fourth-order valence-corrected chi connectivity index (χ4v) is 6.93. The van der Waals surface area contributed by atoms with Gasteiger partial charge in [0, 0.05) is 26.2 Å². The number of ketones is 1. The number of rotatable bonds is 7. The number of fused-ring (bicyclic) bond motifs is 2. The zero-order valence-electron chi connectivity index (χ0n) is 23.0. The molecule has 1 aromatic heterocycles. The molecule has 1 aliphatic heterocycles. The molecular weight excluding hydrogens is 680 g/mol. The number of esters is 1. The smallest absolute Gasteiger partial charge is 0.339 e. The molecule has 3 aromatic carbocycles. The highest BCUT2D eigenvalue weighted by Crippen LogP contribution is 2.44. The van der Waals surface area contributed by atoms with Crippen molar-refractivity contribution < 1.29 is 28.7 Å². The number of para-hydroxylation sites is 1. The first kappa shape index (κ1) is 29.2. The summed E-state index contributed by atoms with van der Waals surface area (Å²) in [5, 5.41) is 0.593. The van der Waals surface area contributed by atoms with Crippen LogP contribution in [0.1, 0.15) is 33.6 Å². The van der Waals surface area contributed by atoms with Crippen molar-refractivity contribution in [3.63, 3.8) is 0 Å². The first-order valence-electron chi connectivity index (χ1n) is 13.8. The molecule has 10 heteroatoms. The summed E-state index contributed by atoms with van der Waals surface area (Å²) in [4.78, 5) is 58.6. The fraction of sp³-hybridized carbons (Fsp3) is 0.242. The lowest BCUT2D eigenvalue weighted by Crippen LogP contribution is -2.34. The van der Waals surface area contributed by atoms with E-state index in [0.29, 0.717) is 52.0 Å². The molecule has 4 aromatic rings. The van der Waals surface area contributed by atoms with Crippen LogP contribution in [-0.4, -0.2) is 51.9 Å². The van der Waals surface area contributed by atoms with E-state index >= 15 is 0 Å². The first-order valence-corrected chi connectivity index (χ1v) is 15.6. The van der Waals surface area contributed by atoms with E-state index in [0.717, 1.165) is 0 Å². The molecule has 2 aliphatic rings. The van der Waals surface area contributed by atoms with Crippen LogP contribution in [0.15, 0.2) is 78.9 Å². The summed E-state index contributed by atoms with van der Waals surface area (Å²) in [5.74, 6) is -1.39. The maximum absolute atomic E-state index is 13.2. The summed E-state index contributed by atoms with van der Waals surface area (Å²) in [6, 6.07) is 22.4. The molecule has 4 atom stereocenters. The highest BCUT2D eigenvalue weighted by atomic mass is 79.9. The van der Waals surface area contributed by atoms with Crippen LogP contribution in [0.4, 0.5) is 5.69 Å². The molecule has 1 saturated heterocycles. The van der Waals surface area contributed by atoms with Crippen LogP contribution in [-0.2, 0) is 14.3 Å². The number of Topliss-reactive ketones (excluding diaryl/α,β-unsaturated/α-hetero) is 1. The highest BCUT2D eigenvalue weighted by Gasteiger charge is 2.52. The van der Waals surface area contributed by atoms with Crippen molar-refractivity contribution in [3.8, 4) is 17.0 Å². The van der Waals surface area contributed by atoms with Crippen LogP contribution >= 0.6 is 31.9 Å². The Morgan fingerprint density at radius 3 is 2.14 bits per heavy atom. The molecule has 218 valence electrons. The number of carbonyl (C=O) groups is 4. The summed E-state index contributed by atoms with van der Waals surface area (Å²) >= 11 is 7.25. The second-order valence-electron chi connectivity index (χ2n) is 10.6. The maximum atomic E-state index is 13.2. The van der Waals surface area contributed by atoms with Gasteiger partial charge in [0.2, 0.25) is 11.8 Å². The Kier molecular flexibility index (Phi) is 8.15. The average molecular weight is 706 g/mol. The van der Waals surface area contributed by atoms with E-state index in [9.17, 15) is 19.2 Å². The third kappa shape index (κ3) is 5.61. The van der Waals surface area contributed by atoms with Gasteiger partial charge in [0.05, 0.1) is 41.4 Å². The number of benzene rings is 3. The molecule has 43 heavy (non-hydrogen) atoms. The molecule has 2 heterocycles. The predicted molar refractivity (Wildman–Crippen MR) is 169 cm³/mol. The predicted octanol–water partition coefficient (Wildman–Crippen LogP) is 6.38. The summed E-state index contributed by atoms with van der Waals surface area (Å²) in [5.41, 5.74) is 2.96. The van der Waals surface area contributed by atoms with Gasteiger partial charge in [-0.05, 0) is 61.4 Å². The van der Waals surface area contributed by atoms with Crippen LogP contribution in [0.25, 0.3) is 22.2 Å². The van der Waals surface area contributed by atoms with Gasteiger partial charge in [0.15, 0.2) is 12.4 Å². The third-order valence-electron chi connectivity index (χ3n) is 8.02.